The average Bonchev–Trinajstić information content (AvgIpc) is 2.83. The minimum atomic E-state index is 0. The van der Waals surface area contributed by atoms with Crippen molar-refractivity contribution >= 4 is 12.4 Å². The second kappa shape index (κ2) is 14.4. The second-order valence-electron chi connectivity index (χ2n) is 6.99. The van der Waals surface area contributed by atoms with Gasteiger partial charge in [-0.3, -0.25) is 9.98 Å². The Balaban J connectivity index is 0.000000227. The van der Waals surface area contributed by atoms with Crippen LogP contribution in [0, 0.1) is 0 Å². The number of nitrogens with zero attached hydrogens (tertiary/aromatic N) is 2. The number of aliphatic imine (C=N–C) groups is 2. The number of para-hydroxylation sites is 2. The van der Waals surface area contributed by atoms with E-state index in [0.717, 1.165) is 11.1 Å². The molecule has 0 saturated carbocycles. The molecule has 4 nitrogen and oxygen atoms in total. The molecular weight excluding hydrogens is 455 g/mol. The Kier molecular flexibility index (Phi) is 11.2. The van der Waals surface area contributed by atoms with Crippen LogP contribution in [-0.4, -0.2) is 12.4 Å². The van der Waals surface area contributed by atoms with E-state index in [0.29, 0.717) is 24.2 Å². The molecule has 0 aliphatic rings. The molecule has 0 spiro atoms. The van der Waals surface area contributed by atoms with Crippen LogP contribution in [-0.2, 0) is 29.9 Å². The largest absolute Gasteiger partial charge is 2.00 e. The van der Waals surface area contributed by atoms with Crippen molar-refractivity contribution in [3.05, 3.63) is 131 Å². The Hall–Kier alpha value is -3.67. The average molecular weight is 479 g/mol. The first-order valence-electron chi connectivity index (χ1n) is 10.3. The standard InChI is InChI=1S/2C14H13NO.Co/c2*16-14-9-5-4-8-13(14)11-15-10-12-6-2-1-3-7-12;/h2*1-9,11,16H,10H2;/q;;+2/p-2. The molecule has 0 aromatic heterocycles. The van der Waals surface area contributed by atoms with Gasteiger partial charge in [-0.1, -0.05) is 109 Å². The molecule has 0 saturated heterocycles. The molecule has 4 aromatic rings. The van der Waals surface area contributed by atoms with E-state index in [1.54, 1.807) is 48.8 Å². The van der Waals surface area contributed by atoms with Crippen molar-refractivity contribution in [3.63, 3.8) is 0 Å². The van der Waals surface area contributed by atoms with Crippen molar-refractivity contribution in [3.8, 4) is 11.5 Å². The zero-order valence-corrected chi connectivity index (χ0v) is 19.0. The third-order valence-electron chi connectivity index (χ3n) is 4.53. The van der Waals surface area contributed by atoms with Crippen LogP contribution in [0.15, 0.2) is 119 Å². The summed E-state index contributed by atoms with van der Waals surface area (Å²) in [6.45, 7) is 1.21. The van der Waals surface area contributed by atoms with Gasteiger partial charge in [0.15, 0.2) is 0 Å². The van der Waals surface area contributed by atoms with Gasteiger partial charge in [-0.25, -0.2) is 0 Å². The normalized spacial score (nSPS) is 10.4. The zero-order chi connectivity index (χ0) is 22.4. The van der Waals surface area contributed by atoms with Crippen LogP contribution in [0.25, 0.3) is 0 Å². The summed E-state index contributed by atoms with van der Waals surface area (Å²) in [5.74, 6) is 0.0265. The summed E-state index contributed by atoms with van der Waals surface area (Å²) in [6, 6.07) is 33.7. The van der Waals surface area contributed by atoms with Crippen LogP contribution in [0.3, 0.4) is 0 Å². The van der Waals surface area contributed by atoms with E-state index in [1.165, 1.54) is 0 Å². The van der Waals surface area contributed by atoms with Gasteiger partial charge in [-0.2, -0.15) is 0 Å². The summed E-state index contributed by atoms with van der Waals surface area (Å²) in [4.78, 5) is 8.50. The van der Waals surface area contributed by atoms with Crippen LogP contribution in [0.4, 0.5) is 0 Å². The molecule has 5 heteroatoms. The van der Waals surface area contributed by atoms with E-state index < -0.39 is 0 Å². The van der Waals surface area contributed by atoms with Crippen LogP contribution >= 0.6 is 0 Å². The van der Waals surface area contributed by atoms with E-state index in [2.05, 4.69) is 9.98 Å². The Labute approximate surface area is 205 Å². The first-order valence-corrected chi connectivity index (χ1v) is 10.3. The Morgan fingerprint density at radius 3 is 1.18 bits per heavy atom. The molecule has 0 aliphatic heterocycles. The van der Waals surface area contributed by atoms with Crippen molar-refractivity contribution in [2.24, 2.45) is 9.98 Å². The molecule has 0 N–H and O–H groups in total. The molecule has 0 bridgehead atoms. The monoisotopic (exact) mass is 479 g/mol. The molecule has 0 amide bonds. The number of benzene rings is 4. The quantitative estimate of drug-likeness (QED) is 0.374. The van der Waals surface area contributed by atoms with Gasteiger partial charge in [0, 0.05) is 12.4 Å². The van der Waals surface area contributed by atoms with Gasteiger partial charge in [0.25, 0.3) is 0 Å². The fourth-order valence-electron chi connectivity index (χ4n) is 2.84. The Bertz CT molecular complexity index is 1050. The molecule has 4 rings (SSSR count). The van der Waals surface area contributed by atoms with Gasteiger partial charge in [0.2, 0.25) is 0 Å². The van der Waals surface area contributed by atoms with E-state index in [-0.39, 0.29) is 28.3 Å². The fourth-order valence-corrected chi connectivity index (χ4v) is 2.84. The molecule has 167 valence electrons. The third-order valence-corrected chi connectivity index (χ3v) is 4.53. The van der Waals surface area contributed by atoms with Gasteiger partial charge in [0.1, 0.15) is 0 Å². The van der Waals surface area contributed by atoms with Crippen LogP contribution in [0.1, 0.15) is 22.3 Å². The summed E-state index contributed by atoms with van der Waals surface area (Å²) in [5, 5.41) is 22.7. The third kappa shape index (κ3) is 9.15. The van der Waals surface area contributed by atoms with Gasteiger partial charge < -0.3 is 10.2 Å². The second-order valence-corrected chi connectivity index (χ2v) is 6.99. The molecule has 0 unspecified atom stereocenters. The van der Waals surface area contributed by atoms with Crippen molar-refractivity contribution in [2.75, 3.05) is 0 Å². The Morgan fingerprint density at radius 1 is 0.485 bits per heavy atom. The van der Waals surface area contributed by atoms with Gasteiger partial charge >= 0.3 is 16.8 Å². The number of hydrogen-bond donors (Lipinski definition) is 0. The van der Waals surface area contributed by atoms with Gasteiger partial charge in [0.05, 0.1) is 13.1 Å². The molecule has 0 fully saturated rings. The predicted octanol–water partition coefficient (Wildman–Crippen LogP) is 4.76. The smallest absolute Gasteiger partial charge is 0.872 e. The zero-order valence-electron chi connectivity index (χ0n) is 18.0. The minimum absolute atomic E-state index is 0. The maximum Gasteiger partial charge on any atom is 2.00 e. The molecule has 1 radical (unpaired) electrons. The summed E-state index contributed by atoms with van der Waals surface area (Å²) in [6.07, 6.45) is 3.27. The maximum absolute atomic E-state index is 11.4. The fraction of sp³-hybridized carbons (Fsp3) is 0.0714. The molecule has 0 atom stereocenters. The first kappa shape index (κ1) is 25.6. The SMILES string of the molecule is [Co+2].[O-]c1ccccc1C=NCc1ccccc1.[O-]c1ccccc1C=NCc1ccccc1. The van der Waals surface area contributed by atoms with Crippen LogP contribution in [0.2, 0.25) is 0 Å². The summed E-state index contributed by atoms with van der Waals surface area (Å²) >= 11 is 0. The van der Waals surface area contributed by atoms with Gasteiger partial charge in [-0.05, 0) is 22.3 Å². The Morgan fingerprint density at radius 2 is 0.818 bits per heavy atom. The van der Waals surface area contributed by atoms with E-state index >= 15 is 0 Å². The van der Waals surface area contributed by atoms with E-state index in [4.69, 9.17) is 0 Å². The topological polar surface area (TPSA) is 70.8 Å². The summed E-state index contributed by atoms with van der Waals surface area (Å²) < 4.78 is 0. The predicted molar refractivity (Wildman–Crippen MR) is 127 cm³/mol. The summed E-state index contributed by atoms with van der Waals surface area (Å²) in [5.41, 5.74) is 3.56. The summed E-state index contributed by atoms with van der Waals surface area (Å²) in [7, 11) is 0. The molecule has 0 heterocycles. The number of rotatable bonds is 6. The van der Waals surface area contributed by atoms with E-state index in [1.807, 2.05) is 72.8 Å². The molecular formula is C28H24CoN2O2. The van der Waals surface area contributed by atoms with Gasteiger partial charge in [-0.15, -0.1) is 11.5 Å². The minimum Gasteiger partial charge on any atom is -0.872 e. The van der Waals surface area contributed by atoms with Crippen molar-refractivity contribution in [1.82, 2.24) is 0 Å². The van der Waals surface area contributed by atoms with Crippen LogP contribution < -0.4 is 10.2 Å². The molecule has 33 heavy (non-hydrogen) atoms. The van der Waals surface area contributed by atoms with E-state index in [9.17, 15) is 10.2 Å². The first-order chi connectivity index (χ1) is 15.7. The van der Waals surface area contributed by atoms with Crippen LogP contribution in [0.5, 0.6) is 11.5 Å². The van der Waals surface area contributed by atoms with Crippen molar-refractivity contribution in [1.29, 1.82) is 0 Å². The number of hydrogen-bond acceptors (Lipinski definition) is 4. The van der Waals surface area contributed by atoms with Crippen molar-refractivity contribution < 1.29 is 27.0 Å². The molecule has 4 aromatic carbocycles. The van der Waals surface area contributed by atoms with Crippen molar-refractivity contribution in [2.45, 2.75) is 13.1 Å². The molecule has 0 aliphatic carbocycles. The maximum atomic E-state index is 11.4.